The maximum atomic E-state index is 13.0. The van der Waals surface area contributed by atoms with E-state index in [1.165, 1.54) is 86.5 Å². The van der Waals surface area contributed by atoms with Crippen LogP contribution in [0, 0.1) is 6.92 Å². The van der Waals surface area contributed by atoms with Crippen molar-refractivity contribution in [2.45, 2.75) is 135 Å². The Labute approximate surface area is 424 Å². The van der Waals surface area contributed by atoms with Gasteiger partial charge in [-0.2, -0.15) is 0 Å². The molecule has 0 saturated carbocycles. The number of esters is 2. The minimum atomic E-state index is -1.06. The second-order valence-electron chi connectivity index (χ2n) is 16.3. The zero-order valence-electron chi connectivity index (χ0n) is 41.3. The van der Waals surface area contributed by atoms with Crippen LogP contribution in [0.5, 0.6) is 5.75 Å². The van der Waals surface area contributed by atoms with Crippen LogP contribution >= 0.6 is 23.4 Å². The number of ether oxygens (including phenoxy) is 2. The fraction of sp³-hybridized carbons (Fsp3) is 0.377. The number of aromatic nitrogens is 7. The summed E-state index contributed by atoms with van der Waals surface area (Å²) in [5.41, 5.74) is 3.61. The van der Waals surface area contributed by atoms with Crippen LogP contribution in [0.25, 0.3) is 21.8 Å². The molecule has 7 aromatic rings. The van der Waals surface area contributed by atoms with Gasteiger partial charge < -0.3 is 25.2 Å². The fourth-order valence-electron chi connectivity index (χ4n) is 7.32. The van der Waals surface area contributed by atoms with Gasteiger partial charge in [-0.25, -0.2) is 19.0 Å². The normalized spacial score (nSPS) is 11.2. The molecule has 71 heavy (non-hydrogen) atoms. The molecule has 0 radical (unpaired) electrons. The average Bonchev–Trinajstić information content (AvgIpc) is 4.02. The molecule has 0 spiro atoms. The molecule has 0 aliphatic carbocycles. The van der Waals surface area contributed by atoms with Crippen molar-refractivity contribution in [1.82, 2.24) is 35.2 Å². The van der Waals surface area contributed by atoms with Crippen LogP contribution in [0.1, 0.15) is 125 Å². The number of anilines is 2. The van der Waals surface area contributed by atoms with E-state index in [0.717, 1.165) is 40.6 Å². The number of carbonyl (C=O) groups excluding carboxylic acids is 4. The van der Waals surface area contributed by atoms with Gasteiger partial charge in [-0.15, -0.1) is 10.2 Å². The molecule has 3 N–H and O–H groups in total. The highest BCUT2D eigenvalue weighted by Gasteiger charge is 2.23. The summed E-state index contributed by atoms with van der Waals surface area (Å²) in [4.78, 5) is 51.4. The summed E-state index contributed by atoms with van der Waals surface area (Å²) in [7, 11) is 0. The van der Waals surface area contributed by atoms with E-state index in [2.05, 4.69) is 43.4 Å². The number of unbranched alkanes of at least 4 members (excludes halogenated alkanes) is 9. The lowest BCUT2D eigenvalue weighted by atomic mass is 10.0. The maximum Gasteiger partial charge on any atom is 0.347 e. The van der Waals surface area contributed by atoms with E-state index in [0.29, 0.717) is 34.9 Å². The van der Waals surface area contributed by atoms with Crippen LogP contribution in [0.2, 0.25) is 5.02 Å². The number of hydrogen-bond acceptors (Lipinski definition) is 13. The van der Waals surface area contributed by atoms with E-state index >= 15 is 0 Å². The van der Waals surface area contributed by atoms with Gasteiger partial charge in [0.1, 0.15) is 17.8 Å². The average molecular weight is 1010 g/mol. The zero-order chi connectivity index (χ0) is 51.1. The van der Waals surface area contributed by atoms with E-state index in [-0.39, 0.29) is 40.0 Å². The molecular weight excluding hydrogens is 942 g/mol. The summed E-state index contributed by atoms with van der Waals surface area (Å²) >= 11 is 7.60. The maximum absolute atomic E-state index is 13.0. The summed E-state index contributed by atoms with van der Waals surface area (Å²) in [5.74, 6) is -2.14. The number of phenolic OH excluding ortho intramolecular Hbond substituents is 1. The third-order valence-electron chi connectivity index (χ3n) is 11.2. The van der Waals surface area contributed by atoms with Crippen LogP contribution in [-0.4, -0.2) is 76.8 Å². The number of benzene rings is 5. The monoisotopic (exact) mass is 1010 g/mol. The van der Waals surface area contributed by atoms with Crippen LogP contribution in [0.4, 0.5) is 11.4 Å². The van der Waals surface area contributed by atoms with Gasteiger partial charge in [0.25, 0.3) is 5.91 Å². The minimum absolute atomic E-state index is 0.0499. The van der Waals surface area contributed by atoms with Crippen molar-refractivity contribution in [3.05, 3.63) is 119 Å². The predicted octanol–water partition coefficient (Wildman–Crippen LogP) is 12.0. The number of fused-ring (bicyclic) bond motifs is 2. The van der Waals surface area contributed by atoms with Crippen LogP contribution in [-0.2, 0) is 32.2 Å². The first-order valence-electron chi connectivity index (χ1n) is 24.3. The number of hydrogen-bond donors (Lipinski definition) is 3. The number of tetrazole rings is 1. The van der Waals surface area contributed by atoms with Gasteiger partial charge in [0, 0.05) is 22.5 Å². The third kappa shape index (κ3) is 16.1. The molecule has 0 aliphatic heterocycles. The Kier molecular flexibility index (Phi) is 22.3. The summed E-state index contributed by atoms with van der Waals surface area (Å²) in [5, 5.41) is 38.5. The lowest BCUT2D eigenvalue weighted by Crippen LogP contribution is -2.26. The predicted molar refractivity (Wildman–Crippen MR) is 279 cm³/mol. The summed E-state index contributed by atoms with van der Waals surface area (Å²) in [6.07, 6.45) is 10.8. The Morgan fingerprint density at radius 1 is 0.746 bits per heavy atom. The largest absolute Gasteiger partial charge is 0.506 e. The smallest absolute Gasteiger partial charge is 0.347 e. The van der Waals surface area contributed by atoms with Crippen molar-refractivity contribution < 1.29 is 33.8 Å². The molecule has 16 nitrogen and oxygen atoms in total. The number of nitrogens with zero attached hydrogens (tertiary/aromatic N) is 7. The molecule has 5 aromatic carbocycles. The SMILES string of the molecule is CC.CCCCCCCCCCCCOC(=O)C(C)OC(=O)c1ccc(Cl)c(NC(=O)Cn2nnc3ccccc32)c1.CCn1nnnc1Sc1cc(C(=O)Nc2ccccc2C)c(O)c2ccccc12. The van der Waals surface area contributed by atoms with Gasteiger partial charge in [0.2, 0.25) is 11.1 Å². The van der Waals surface area contributed by atoms with Crippen LogP contribution in [0.15, 0.2) is 107 Å². The topological polar surface area (TPSA) is 205 Å². The van der Waals surface area contributed by atoms with Gasteiger partial charge in [0.05, 0.1) is 34.0 Å². The van der Waals surface area contributed by atoms with Crippen molar-refractivity contribution in [1.29, 1.82) is 0 Å². The lowest BCUT2D eigenvalue weighted by Gasteiger charge is -2.14. The fourth-order valence-corrected chi connectivity index (χ4v) is 8.49. The molecule has 0 aliphatic rings. The highest BCUT2D eigenvalue weighted by atomic mass is 35.5. The molecule has 2 aromatic heterocycles. The van der Waals surface area contributed by atoms with Crippen molar-refractivity contribution in [3.8, 4) is 5.75 Å². The van der Waals surface area contributed by atoms with Gasteiger partial charge >= 0.3 is 11.9 Å². The number of halogens is 1. The van der Waals surface area contributed by atoms with E-state index in [1.54, 1.807) is 22.9 Å². The quantitative estimate of drug-likeness (QED) is 0.0427. The number of aryl methyl sites for hydroxylation is 2. The van der Waals surface area contributed by atoms with Crippen molar-refractivity contribution in [3.63, 3.8) is 0 Å². The Morgan fingerprint density at radius 3 is 2.13 bits per heavy atom. The second kappa shape index (κ2) is 28.7. The number of amides is 2. The van der Waals surface area contributed by atoms with E-state index in [1.807, 2.05) is 88.4 Å². The van der Waals surface area contributed by atoms with Gasteiger partial charge in [-0.1, -0.05) is 150 Å². The summed E-state index contributed by atoms with van der Waals surface area (Å²) in [6.45, 7) is 12.4. The molecular formula is C53H64ClN9O7S. The molecule has 7 rings (SSSR count). The van der Waals surface area contributed by atoms with Crippen molar-refractivity contribution in [2.24, 2.45) is 0 Å². The molecule has 2 amide bonds. The van der Waals surface area contributed by atoms with Gasteiger partial charge in [0.15, 0.2) is 6.10 Å². The van der Waals surface area contributed by atoms with E-state index in [9.17, 15) is 24.3 Å². The van der Waals surface area contributed by atoms with Crippen molar-refractivity contribution in [2.75, 3.05) is 17.2 Å². The number of nitrogens with one attached hydrogen (secondary N) is 2. The molecule has 1 atom stereocenters. The Balaban J connectivity index is 0.000000266. The molecule has 2 heterocycles. The Bertz CT molecular complexity index is 2850. The highest BCUT2D eigenvalue weighted by molar-refractivity contribution is 7.99. The van der Waals surface area contributed by atoms with Gasteiger partial charge in [-0.05, 0) is 103 Å². The van der Waals surface area contributed by atoms with Gasteiger partial charge in [-0.3, -0.25) is 9.59 Å². The first kappa shape index (κ1) is 55.1. The summed E-state index contributed by atoms with van der Waals surface area (Å²) in [6, 6.07) is 28.3. The Morgan fingerprint density at radius 2 is 1.41 bits per heavy atom. The number of phenols is 1. The number of aromatic hydroxyl groups is 1. The molecule has 1 unspecified atom stereocenters. The first-order chi connectivity index (χ1) is 34.5. The first-order valence-corrected chi connectivity index (χ1v) is 25.5. The number of para-hydroxylation sites is 2. The van der Waals surface area contributed by atoms with E-state index in [4.69, 9.17) is 21.1 Å². The molecule has 376 valence electrons. The lowest BCUT2D eigenvalue weighted by molar-refractivity contribution is -0.153. The van der Waals surface area contributed by atoms with Crippen molar-refractivity contribution >= 4 is 80.3 Å². The number of rotatable bonds is 22. The standard InChI is InChI=1S/C30H39ClN4O5.C21H19N5O2S.C2H6/c1-3-4-5-6-7-8-9-10-11-14-19-39-29(37)22(2)40-30(38)23-17-18-24(31)26(20-23)32-28(36)21-35-27-16-13-12-15-25(27)33-34-35;1-3-26-21(23-24-25-26)29-18-12-16(19(27)15-10-6-5-9-14(15)18)20(28)22-17-11-7-4-8-13(17)2;1-2/h12-13,15-18,20,22H,3-11,14,19,21H2,1-2H3,(H,32,36);4-12,27H,3H2,1-2H3,(H,22,28);1-2H3. The molecule has 18 heteroatoms. The van der Waals surface area contributed by atoms with Crippen LogP contribution < -0.4 is 10.6 Å². The second-order valence-corrected chi connectivity index (χ2v) is 17.8. The van der Waals surface area contributed by atoms with E-state index < -0.39 is 23.9 Å². The number of carbonyl (C=O) groups is 4. The Hall–Kier alpha value is -6.85. The highest BCUT2D eigenvalue weighted by Crippen LogP contribution is 2.39. The zero-order valence-corrected chi connectivity index (χ0v) is 42.9. The molecule has 0 saturated heterocycles. The minimum Gasteiger partial charge on any atom is -0.506 e. The van der Waals surface area contributed by atoms with Crippen LogP contribution in [0.3, 0.4) is 0 Å². The third-order valence-corrected chi connectivity index (χ3v) is 12.5. The summed E-state index contributed by atoms with van der Waals surface area (Å²) < 4.78 is 13.7. The molecule has 0 bridgehead atoms. The molecule has 0 fully saturated rings.